The van der Waals surface area contributed by atoms with Crippen molar-refractivity contribution in [2.24, 2.45) is 0 Å². The largest absolute Gasteiger partial charge is 0.479 e. The van der Waals surface area contributed by atoms with Crippen LogP contribution in [0.5, 0.6) is 6.01 Å². The van der Waals surface area contributed by atoms with Crippen LogP contribution in [0.3, 0.4) is 0 Å². The summed E-state index contributed by atoms with van der Waals surface area (Å²) < 4.78 is 14.0. The van der Waals surface area contributed by atoms with E-state index in [0.717, 1.165) is 15.8 Å². The molecule has 0 bridgehead atoms. The number of imidazole rings is 1. The second kappa shape index (κ2) is 12.0. The number of aliphatic carboxylic acids is 1. The number of aromatic nitrogens is 6. The quantitative estimate of drug-likeness (QED) is 0.159. The molecule has 3 heterocycles. The molecule has 2 aromatic heterocycles. The van der Waals surface area contributed by atoms with Gasteiger partial charge in [0.2, 0.25) is 0 Å². The molecule has 5 atom stereocenters. The molecule has 0 spiro atoms. The number of hydrogen-bond acceptors (Lipinski definition) is 11. The first-order chi connectivity index (χ1) is 21.7. The maximum absolute atomic E-state index is 12.0. The van der Waals surface area contributed by atoms with Gasteiger partial charge in [0.15, 0.2) is 18.2 Å². The molecule has 3 aromatic carbocycles. The zero-order valence-corrected chi connectivity index (χ0v) is 23.7. The van der Waals surface area contributed by atoms with Crippen LogP contribution in [0.25, 0.3) is 33.5 Å². The lowest BCUT2D eigenvalue weighted by atomic mass is 9.96. The summed E-state index contributed by atoms with van der Waals surface area (Å²) in [5.41, 5.74) is 3.88. The van der Waals surface area contributed by atoms with E-state index in [1.807, 2.05) is 43.3 Å². The fourth-order valence-corrected chi connectivity index (χ4v) is 5.43. The second-order valence-corrected chi connectivity index (χ2v) is 10.3. The summed E-state index contributed by atoms with van der Waals surface area (Å²) >= 11 is 0. The molecule has 3 unspecified atom stereocenters. The van der Waals surface area contributed by atoms with Crippen molar-refractivity contribution in [1.29, 1.82) is 0 Å². The number of rotatable bonds is 9. The number of aliphatic hydroxyl groups excluding tert-OH is 3. The van der Waals surface area contributed by atoms with Crippen LogP contribution >= 0.6 is 0 Å². The Bertz CT molecular complexity index is 1870. The molecule has 0 saturated carbocycles. The minimum atomic E-state index is -1.86. The van der Waals surface area contributed by atoms with Crippen molar-refractivity contribution in [1.82, 2.24) is 29.8 Å². The zero-order chi connectivity index (χ0) is 31.8. The lowest BCUT2D eigenvalue weighted by Crippen LogP contribution is -2.58. The maximum atomic E-state index is 12.0. The molecule has 0 amide bonds. The Balaban J connectivity index is 1.34. The van der Waals surface area contributed by atoms with Gasteiger partial charge in [-0.25, -0.2) is 9.59 Å². The van der Waals surface area contributed by atoms with E-state index in [-0.39, 0.29) is 17.9 Å². The molecule has 5 N–H and O–H groups in total. The molecule has 6 rings (SSSR count). The summed E-state index contributed by atoms with van der Waals surface area (Å²) in [5, 5.41) is 62.0. The fourth-order valence-electron chi connectivity index (χ4n) is 5.43. The lowest BCUT2D eigenvalue weighted by Gasteiger charge is -2.38. The van der Waals surface area contributed by atoms with Crippen LogP contribution < -0.4 is 4.74 Å². The van der Waals surface area contributed by atoms with Gasteiger partial charge in [-0.1, -0.05) is 54.6 Å². The third kappa shape index (κ3) is 5.38. The predicted octanol–water partition coefficient (Wildman–Crippen LogP) is 1.57. The van der Waals surface area contributed by atoms with E-state index in [1.54, 1.807) is 28.8 Å². The number of carboxylic acids is 2. The number of carboxylic acid groups (broad SMARTS) is 2. The average Bonchev–Trinajstić information content (AvgIpc) is 3.65. The Kier molecular flexibility index (Phi) is 7.99. The van der Waals surface area contributed by atoms with Crippen molar-refractivity contribution in [3.05, 3.63) is 77.9 Å². The van der Waals surface area contributed by atoms with E-state index in [9.17, 15) is 35.1 Å². The van der Waals surface area contributed by atoms with E-state index in [2.05, 4.69) is 20.5 Å². The number of para-hydroxylation sites is 1. The van der Waals surface area contributed by atoms with Crippen LogP contribution in [0, 0.1) is 0 Å². The Morgan fingerprint density at radius 1 is 0.911 bits per heavy atom. The van der Waals surface area contributed by atoms with Crippen molar-refractivity contribution >= 4 is 23.0 Å². The number of benzene rings is 3. The van der Waals surface area contributed by atoms with Gasteiger partial charge in [0.25, 0.3) is 6.01 Å². The standard InChI is InChI=1S/C30H28N6O9/c1-2-44-30-31-20-9-5-8-19(28(40)41)21(20)35(30)14-15-10-12-16(13-11-15)17-6-3-4-7-18(17)26-32-33-34-36(26)27-24(39)22(37)23(38)25(45-27)29(42)43/h3-13,22-25,27,37-39H,2,14H2,1H3,(H,40,41)(H,42,43)/t22?,23-,24?,25?,27+/m1/s1. The highest BCUT2D eigenvalue weighted by molar-refractivity contribution is 6.01. The molecular weight excluding hydrogens is 588 g/mol. The molecule has 5 aromatic rings. The minimum absolute atomic E-state index is 0.109. The number of nitrogens with zero attached hydrogens (tertiary/aromatic N) is 6. The van der Waals surface area contributed by atoms with Gasteiger partial charge in [-0.05, 0) is 46.2 Å². The molecule has 0 radical (unpaired) electrons. The van der Waals surface area contributed by atoms with E-state index in [0.29, 0.717) is 34.8 Å². The highest BCUT2D eigenvalue weighted by atomic mass is 16.6. The minimum Gasteiger partial charge on any atom is -0.479 e. The molecular formula is C30H28N6O9. The van der Waals surface area contributed by atoms with Crippen LogP contribution in [0.4, 0.5) is 0 Å². The van der Waals surface area contributed by atoms with Gasteiger partial charge in [-0.3, -0.25) is 4.57 Å². The van der Waals surface area contributed by atoms with Crippen LogP contribution in [0.15, 0.2) is 66.7 Å². The van der Waals surface area contributed by atoms with Gasteiger partial charge in [0.05, 0.1) is 29.7 Å². The molecule has 1 aliphatic heterocycles. The van der Waals surface area contributed by atoms with Crippen LogP contribution in [0.1, 0.15) is 29.1 Å². The van der Waals surface area contributed by atoms with Crippen molar-refractivity contribution in [3.8, 4) is 28.5 Å². The highest BCUT2D eigenvalue weighted by Crippen LogP contribution is 2.35. The first-order valence-electron chi connectivity index (χ1n) is 13.9. The first kappa shape index (κ1) is 29.8. The average molecular weight is 617 g/mol. The monoisotopic (exact) mass is 616 g/mol. The second-order valence-electron chi connectivity index (χ2n) is 10.3. The Morgan fingerprint density at radius 2 is 1.64 bits per heavy atom. The first-order valence-corrected chi connectivity index (χ1v) is 13.9. The maximum Gasteiger partial charge on any atom is 0.337 e. The van der Waals surface area contributed by atoms with Crippen molar-refractivity contribution in [2.45, 2.75) is 44.1 Å². The van der Waals surface area contributed by atoms with Crippen LogP contribution in [-0.2, 0) is 16.1 Å². The molecule has 15 heteroatoms. The summed E-state index contributed by atoms with van der Waals surface area (Å²) in [7, 11) is 0. The summed E-state index contributed by atoms with van der Waals surface area (Å²) in [6.07, 6.45) is -8.75. The summed E-state index contributed by atoms with van der Waals surface area (Å²) in [5.74, 6) is -2.47. The number of ether oxygens (including phenoxy) is 2. The van der Waals surface area contributed by atoms with Crippen molar-refractivity contribution in [3.63, 3.8) is 0 Å². The molecule has 1 aliphatic rings. The summed E-state index contributed by atoms with van der Waals surface area (Å²) in [4.78, 5) is 28.1. The number of aliphatic hydroxyl groups is 3. The van der Waals surface area contributed by atoms with Crippen molar-refractivity contribution < 1.29 is 44.6 Å². The Hall–Kier alpha value is -5.22. The third-order valence-corrected chi connectivity index (χ3v) is 7.57. The van der Waals surface area contributed by atoms with E-state index >= 15 is 0 Å². The van der Waals surface area contributed by atoms with Gasteiger partial charge in [0, 0.05) is 5.56 Å². The van der Waals surface area contributed by atoms with Gasteiger partial charge in [-0.2, -0.15) is 9.67 Å². The van der Waals surface area contributed by atoms with Gasteiger partial charge >= 0.3 is 11.9 Å². The summed E-state index contributed by atoms with van der Waals surface area (Å²) in [6, 6.07) is 19.8. The lowest BCUT2D eigenvalue weighted by molar-refractivity contribution is -0.249. The Morgan fingerprint density at radius 3 is 2.33 bits per heavy atom. The normalized spacial score (nSPS) is 21.6. The van der Waals surface area contributed by atoms with E-state index in [4.69, 9.17) is 9.47 Å². The zero-order valence-electron chi connectivity index (χ0n) is 23.7. The van der Waals surface area contributed by atoms with Gasteiger partial charge in [0.1, 0.15) is 18.3 Å². The SMILES string of the molecule is CCOc1nc2cccc(C(=O)O)c2n1Cc1ccc(-c2ccccc2-c2nnnn2[C@H]2OC(C(=O)O)[C@H](O)C(O)C2O)cc1. The number of hydrogen-bond donors (Lipinski definition) is 5. The fraction of sp³-hybridized carbons (Fsp3) is 0.267. The number of carbonyl (C=O) groups is 2. The predicted molar refractivity (Wildman–Crippen MR) is 155 cm³/mol. The molecule has 1 saturated heterocycles. The molecule has 45 heavy (non-hydrogen) atoms. The van der Waals surface area contributed by atoms with E-state index < -0.39 is 42.6 Å². The van der Waals surface area contributed by atoms with Gasteiger partial charge < -0.3 is 35.0 Å². The van der Waals surface area contributed by atoms with Gasteiger partial charge in [-0.15, -0.1) is 5.10 Å². The van der Waals surface area contributed by atoms with E-state index in [1.165, 1.54) is 6.07 Å². The smallest absolute Gasteiger partial charge is 0.337 e. The summed E-state index contributed by atoms with van der Waals surface area (Å²) in [6.45, 7) is 2.45. The molecule has 232 valence electrons. The number of aromatic carboxylic acids is 1. The van der Waals surface area contributed by atoms with Crippen LogP contribution in [0.2, 0.25) is 0 Å². The molecule has 15 nitrogen and oxygen atoms in total. The van der Waals surface area contributed by atoms with Crippen LogP contribution in [-0.4, -0.2) is 98.3 Å². The number of tetrazole rings is 1. The number of fused-ring (bicyclic) bond motifs is 1. The Labute approximate surface area is 254 Å². The van der Waals surface area contributed by atoms with Crippen molar-refractivity contribution in [2.75, 3.05) is 6.61 Å². The third-order valence-electron chi connectivity index (χ3n) is 7.57. The molecule has 0 aliphatic carbocycles. The topological polar surface area (TPSA) is 215 Å². The molecule has 1 fully saturated rings. The highest BCUT2D eigenvalue weighted by Gasteiger charge is 2.48.